The van der Waals surface area contributed by atoms with E-state index in [1.165, 1.54) is 0 Å². The van der Waals surface area contributed by atoms with Crippen LogP contribution in [0.25, 0.3) is 10.9 Å². The molecule has 9 N–H and O–H groups in total. The Balaban J connectivity index is 2.28. The van der Waals surface area contributed by atoms with Gasteiger partial charge in [0.05, 0.1) is 18.9 Å². The van der Waals surface area contributed by atoms with Crippen LogP contribution in [0.15, 0.2) is 30.5 Å². The second kappa shape index (κ2) is 12.1. The summed E-state index contributed by atoms with van der Waals surface area (Å²) < 4.78 is 0. The largest absolute Gasteiger partial charge is 0.481 e. The predicted octanol–water partition coefficient (Wildman–Crippen LogP) is -1.84. The SMILES string of the molecule is NC(CC(=O)O)C(=O)NC(Cc1c[nH]c2ccccc12)C(=O)NC(CC(=O)O)C(=O)NCC(=O)O. The molecular formula is C21H25N5O9. The molecule has 0 fully saturated rings. The molecule has 0 aliphatic carbocycles. The number of benzene rings is 1. The van der Waals surface area contributed by atoms with Crippen molar-refractivity contribution in [3.05, 3.63) is 36.0 Å². The maximum absolute atomic E-state index is 13.0. The van der Waals surface area contributed by atoms with E-state index < -0.39 is 73.1 Å². The zero-order valence-corrected chi connectivity index (χ0v) is 18.3. The van der Waals surface area contributed by atoms with E-state index in [1.54, 1.807) is 30.5 Å². The van der Waals surface area contributed by atoms with Crippen molar-refractivity contribution in [2.24, 2.45) is 5.73 Å². The molecule has 2 aromatic rings. The van der Waals surface area contributed by atoms with Crippen LogP contribution in [-0.4, -0.2) is 80.6 Å². The number of amides is 3. The Labute approximate surface area is 197 Å². The monoisotopic (exact) mass is 491 g/mol. The highest BCUT2D eigenvalue weighted by molar-refractivity contribution is 5.96. The van der Waals surface area contributed by atoms with Crippen molar-refractivity contribution in [3.8, 4) is 0 Å². The number of aromatic nitrogens is 1. The van der Waals surface area contributed by atoms with E-state index >= 15 is 0 Å². The maximum Gasteiger partial charge on any atom is 0.322 e. The van der Waals surface area contributed by atoms with Gasteiger partial charge in [0.1, 0.15) is 18.6 Å². The smallest absolute Gasteiger partial charge is 0.322 e. The molecule has 0 radical (unpaired) electrons. The van der Waals surface area contributed by atoms with Crippen LogP contribution in [0.4, 0.5) is 0 Å². The molecule has 0 saturated carbocycles. The van der Waals surface area contributed by atoms with E-state index in [4.69, 9.17) is 21.1 Å². The van der Waals surface area contributed by atoms with Crippen LogP contribution in [0, 0.1) is 0 Å². The first-order valence-corrected chi connectivity index (χ1v) is 10.3. The Morgan fingerprint density at radius 2 is 1.46 bits per heavy atom. The highest BCUT2D eigenvalue weighted by Crippen LogP contribution is 2.19. The summed E-state index contributed by atoms with van der Waals surface area (Å²) in [5.74, 6) is -7.11. The van der Waals surface area contributed by atoms with Crippen molar-refractivity contribution < 1.29 is 44.1 Å². The number of aromatic amines is 1. The molecule has 3 amide bonds. The summed E-state index contributed by atoms with van der Waals surface area (Å²) in [4.78, 5) is 73.5. The topological polar surface area (TPSA) is 241 Å². The minimum atomic E-state index is -1.64. The molecule has 188 valence electrons. The second-order valence-electron chi connectivity index (χ2n) is 7.60. The van der Waals surface area contributed by atoms with E-state index in [1.807, 2.05) is 5.32 Å². The average Bonchev–Trinajstić information content (AvgIpc) is 3.18. The Morgan fingerprint density at radius 1 is 0.829 bits per heavy atom. The quantitative estimate of drug-likeness (QED) is 0.156. The number of fused-ring (bicyclic) bond motifs is 1. The summed E-state index contributed by atoms with van der Waals surface area (Å²) in [6.45, 7) is -0.801. The number of rotatable bonds is 13. The van der Waals surface area contributed by atoms with Gasteiger partial charge in [0.25, 0.3) is 0 Å². The lowest BCUT2D eigenvalue weighted by Crippen LogP contribution is -2.57. The summed E-state index contributed by atoms with van der Waals surface area (Å²) >= 11 is 0. The van der Waals surface area contributed by atoms with Gasteiger partial charge in [-0.2, -0.15) is 0 Å². The fourth-order valence-electron chi connectivity index (χ4n) is 3.23. The van der Waals surface area contributed by atoms with Gasteiger partial charge in [0, 0.05) is 23.5 Å². The number of hydrogen-bond donors (Lipinski definition) is 8. The third-order valence-electron chi connectivity index (χ3n) is 4.89. The van der Waals surface area contributed by atoms with Crippen LogP contribution < -0.4 is 21.7 Å². The molecule has 3 unspecified atom stereocenters. The van der Waals surface area contributed by atoms with Gasteiger partial charge in [-0.15, -0.1) is 0 Å². The zero-order valence-electron chi connectivity index (χ0n) is 18.3. The van der Waals surface area contributed by atoms with Crippen molar-refractivity contribution in [2.75, 3.05) is 6.54 Å². The first kappa shape index (κ1) is 26.8. The maximum atomic E-state index is 13.0. The van der Waals surface area contributed by atoms with Gasteiger partial charge < -0.3 is 42.0 Å². The first-order chi connectivity index (χ1) is 16.5. The normalized spacial score (nSPS) is 13.3. The molecule has 0 saturated heterocycles. The molecule has 1 heterocycles. The number of nitrogens with one attached hydrogen (secondary N) is 4. The lowest BCUT2D eigenvalue weighted by molar-refractivity contribution is -0.141. The van der Waals surface area contributed by atoms with E-state index in [0.717, 1.165) is 10.9 Å². The van der Waals surface area contributed by atoms with Gasteiger partial charge >= 0.3 is 17.9 Å². The molecule has 35 heavy (non-hydrogen) atoms. The van der Waals surface area contributed by atoms with Crippen molar-refractivity contribution in [3.63, 3.8) is 0 Å². The molecule has 1 aromatic carbocycles. The fraction of sp³-hybridized carbons (Fsp3) is 0.333. The molecule has 0 aliphatic heterocycles. The number of carboxylic acid groups (broad SMARTS) is 3. The highest BCUT2D eigenvalue weighted by atomic mass is 16.4. The van der Waals surface area contributed by atoms with Crippen molar-refractivity contribution >= 4 is 46.5 Å². The third-order valence-corrected chi connectivity index (χ3v) is 4.89. The fourth-order valence-corrected chi connectivity index (χ4v) is 3.23. The predicted molar refractivity (Wildman–Crippen MR) is 119 cm³/mol. The Bertz CT molecular complexity index is 1130. The van der Waals surface area contributed by atoms with Gasteiger partial charge in [-0.25, -0.2) is 0 Å². The van der Waals surface area contributed by atoms with Crippen LogP contribution in [0.3, 0.4) is 0 Å². The lowest BCUT2D eigenvalue weighted by Gasteiger charge is -2.23. The van der Waals surface area contributed by atoms with E-state index in [9.17, 15) is 28.8 Å². The van der Waals surface area contributed by atoms with Crippen LogP contribution in [0.2, 0.25) is 0 Å². The van der Waals surface area contributed by atoms with Crippen LogP contribution in [0.5, 0.6) is 0 Å². The number of carbonyl (C=O) groups is 6. The third kappa shape index (κ3) is 8.12. The molecule has 3 atom stereocenters. The molecule has 1 aromatic heterocycles. The van der Waals surface area contributed by atoms with Gasteiger partial charge in [0.15, 0.2) is 0 Å². The van der Waals surface area contributed by atoms with Crippen LogP contribution in [0.1, 0.15) is 18.4 Å². The second-order valence-corrected chi connectivity index (χ2v) is 7.60. The number of para-hydroxylation sites is 1. The minimum absolute atomic E-state index is 0.113. The van der Waals surface area contributed by atoms with Crippen molar-refractivity contribution in [2.45, 2.75) is 37.4 Å². The van der Waals surface area contributed by atoms with Gasteiger partial charge in [-0.05, 0) is 11.6 Å². The number of nitrogens with two attached hydrogens (primary N) is 1. The van der Waals surface area contributed by atoms with Crippen LogP contribution >= 0.6 is 0 Å². The van der Waals surface area contributed by atoms with E-state index in [2.05, 4.69) is 15.6 Å². The summed E-state index contributed by atoms with van der Waals surface area (Å²) in [6.07, 6.45) is -0.0730. The minimum Gasteiger partial charge on any atom is -0.481 e. The molecule has 0 bridgehead atoms. The molecule has 14 nitrogen and oxygen atoms in total. The summed E-state index contributed by atoms with van der Waals surface area (Å²) in [7, 11) is 0. The zero-order chi connectivity index (χ0) is 26.1. The molecular weight excluding hydrogens is 466 g/mol. The van der Waals surface area contributed by atoms with Crippen molar-refractivity contribution in [1.29, 1.82) is 0 Å². The van der Waals surface area contributed by atoms with Gasteiger partial charge in [-0.1, -0.05) is 18.2 Å². The van der Waals surface area contributed by atoms with E-state index in [0.29, 0.717) is 5.56 Å². The summed E-state index contributed by atoms with van der Waals surface area (Å²) in [5, 5.41) is 34.0. The molecule has 14 heteroatoms. The number of aliphatic carboxylic acids is 3. The Morgan fingerprint density at radius 3 is 2.09 bits per heavy atom. The Kier molecular flexibility index (Phi) is 9.28. The number of H-pyrrole nitrogens is 1. The summed E-state index contributed by atoms with van der Waals surface area (Å²) in [6, 6.07) is 2.60. The van der Waals surface area contributed by atoms with E-state index in [-0.39, 0.29) is 6.42 Å². The highest BCUT2D eigenvalue weighted by Gasteiger charge is 2.30. The molecule has 2 rings (SSSR count). The van der Waals surface area contributed by atoms with Gasteiger partial charge in [0.2, 0.25) is 17.7 Å². The first-order valence-electron chi connectivity index (χ1n) is 10.3. The average molecular weight is 491 g/mol. The Hall–Kier alpha value is -4.46. The van der Waals surface area contributed by atoms with Crippen LogP contribution in [-0.2, 0) is 35.2 Å². The molecule has 0 aliphatic rings. The lowest BCUT2D eigenvalue weighted by atomic mass is 10.0. The van der Waals surface area contributed by atoms with Crippen molar-refractivity contribution in [1.82, 2.24) is 20.9 Å². The molecule has 0 spiro atoms. The number of carbonyl (C=O) groups excluding carboxylic acids is 3. The number of hydrogen-bond acceptors (Lipinski definition) is 7. The summed E-state index contributed by atoms with van der Waals surface area (Å²) in [5.41, 5.74) is 6.92. The number of carboxylic acids is 3. The van der Waals surface area contributed by atoms with Gasteiger partial charge in [-0.3, -0.25) is 28.8 Å². The standard InChI is InChI=1S/C21H25N5O9/c22-12(6-16(27)28)19(33)25-14(5-10-8-23-13-4-2-1-3-11(10)13)21(35)26-15(7-17(29)30)20(34)24-9-18(31)32/h1-4,8,12,14-15,23H,5-7,9,22H2,(H,24,34)(H,25,33)(H,26,35)(H,27,28)(H,29,30)(H,31,32).